The molecule has 0 unspecified atom stereocenters. The van der Waals surface area contributed by atoms with Crippen molar-refractivity contribution in [1.29, 1.82) is 0 Å². The average molecular weight is 345 g/mol. The molecule has 0 bridgehead atoms. The normalized spacial score (nSPS) is 10.8. The fraction of sp³-hybridized carbons (Fsp3) is 0.0909. The van der Waals surface area contributed by atoms with Gasteiger partial charge in [-0.2, -0.15) is 0 Å². The Labute approximate surface area is 152 Å². The van der Waals surface area contributed by atoms with E-state index in [0.717, 1.165) is 11.1 Å². The van der Waals surface area contributed by atoms with Crippen LogP contribution in [0, 0.1) is 13.8 Å². The molecule has 1 aromatic heterocycles. The average Bonchev–Trinajstić information content (AvgIpc) is 3.15. The predicted molar refractivity (Wildman–Crippen MR) is 102 cm³/mol. The molecule has 2 aromatic carbocycles. The lowest BCUT2D eigenvalue weighted by Gasteiger charge is -2.07. The lowest BCUT2D eigenvalue weighted by molar-refractivity contribution is -0.111. The SMILES string of the molecule is Cc1ccc(C(=O)c2cccc(NC(=O)C=Cc3ccco3)c2)cc1C. The lowest BCUT2D eigenvalue weighted by Crippen LogP contribution is -2.09. The molecule has 0 aliphatic rings. The first-order chi connectivity index (χ1) is 12.5. The minimum absolute atomic E-state index is 0.0738. The zero-order chi connectivity index (χ0) is 18.5. The Morgan fingerprint density at radius 2 is 1.73 bits per heavy atom. The highest BCUT2D eigenvalue weighted by atomic mass is 16.3. The zero-order valence-corrected chi connectivity index (χ0v) is 14.7. The topological polar surface area (TPSA) is 59.3 Å². The number of amides is 1. The van der Waals surface area contributed by atoms with Gasteiger partial charge in [0.1, 0.15) is 5.76 Å². The van der Waals surface area contributed by atoms with Gasteiger partial charge in [0.05, 0.1) is 6.26 Å². The lowest BCUT2D eigenvalue weighted by atomic mass is 9.99. The largest absolute Gasteiger partial charge is 0.465 e. The summed E-state index contributed by atoms with van der Waals surface area (Å²) in [5.41, 5.74) is 3.94. The van der Waals surface area contributed by atoms with Crippen LogP contribution in [-0.4, -0.2) is 11.7 Å². The highest BCUT2D eigenvalue weighted by molar-refractivity contribution is 6.10. The van der Waals surface area contributed by atoms with Crippen LogP contribution in [0.15, 0.2) is 71.4 Å². The first-order valence-corrected chi connectivity index (χ1v) is 8.27. The van der Waals surface area contributed by atoms with E-state index in [2.05, 4.69) is 5.32 Å². The molecule has 0 saturated heterocycles. The first-order valence-electron chi connectivity index (χ1n) is 8.27. The smallest absolute Gasteiger partial charge is 0.248 e. The second kappa shape index (κ2) is 7.66. The Morgan fingerprint density at radius 3 is 2.46 bits per heavy atom. The molecule has 26 heavy (non-hydrogen) atoms. The molecule has 3 rings (SSSR count). The van der Waals surface area contributed by atoms with Crippen LogP contribution in [0.1, 0.15) is 32.8 Å². The van der Waals surface area contributed by atoms with E-state index in [1.165, 1.54) is 6.08 Å². The minimum atomic E-state index is -0.294. The van der Waals surface area contributed by atoms with Crippen molar-refractivity contribution in [3.8, 4) is 0 Å². The van der Waals surface area contributed by atoms with Gasteiger partial charge in [-0.25, -0.2) is 0 Å². The molecule has 0 atom stereocenters. The van der Waals surface area contributed by atoms with E-state index in [4.69, 9.17) is 4.42 Å². The molecule has 4 nitrogen and oxygen atoms in total. The van der Waals surface area contributed by atoms with Gasteiger partial charge in [-0.1, -0.05) is 24.3 Å². The van der Waals surface area contributed by atoms with Crippen LogP contribution in [0.2, 0.25) is 0 Å². The summed E-state index contributed by atoms with van der Waals surface area (Å²) in [4.78, 5) is 24.7. The quantitative estimate of drug-likeness (QED) is 0.535. The second-order valence-corrected chi connectivity index (χ2v) is 6.05. The van der Waals surface area contributed by atoms with Gasteiger partial charge >= 0.3 is 0 Å². The molecule has 3 aromatic rings. The summed E-state index contributed by atoms with van der Waals surface area (Å²) in [6, 6.07) is 16.1. The van der Waals surface area contributed by atoms with Crippen LogP contribution in [0.5, 0.6) is 0 Å². The van der Waals surface area contributed by atoms with E-state index in [0.29, 0.717) is 22.6 Å². The first kappa shape index (κ1) is 17.4. The van der Waals surface area contributed by atoms with Gasteiger partial charge < -0.3 is 9.73 Å². The van der Waals surface area contributed by atoms with E-state index in [1.807, 2.05) is 32.0 Å². The predicted octanol–water partition coefficient (Wildman–Crippen LogP) is 4.78. The van der Waals surface area contributed by atoms with Crippen molar-refractivity contribution in [2.75, 3.05) is 5.32 Å². The summed E-state index contributed by atoms with van der Waals surface area (Å²) in [7, 11) is 0. The summed E-state index contributed by atoms with van der Waals surface area (Å²) in [5.74, 6) is 0.228. The van der Waals surface area contributed by atoms with Crippen molar-refractivity contribution in [2.24, 2.45) is 0 Å². The summed E-state index contributed by atoms with van der Waals surface area (Å²) in [5, 5.41) is 2.75. The van der Waals surface area contributed by atoms with Gasteiger partial charge in [-0.05, 0) is 61.4 Å². The molecule has 130 valence electrons. The highest BCUT2D eigenvalue weighted by Crippen LogP contribution is 2.17. The number of carbonyl (C=O) groups excluding carboxylic acids is 2. The van der Waals surface area contributed by atoms with Gasteiger partial charge in [0.2, 0.25) is 5.91 Å². The number of hydrogen-bond acceptors (Lipinski definition) is 3. The number of benzene rings is 2. The van der Waals surface area contributed by atoms with Crippen molar-refractivity contribution in [3.05, 3.63) is 95.0 Å². The molecule has 0 aliphatic carbocycles. The standard InChI is InChI=1S/C22H19NO3/c1-15-8-9-18(13-16(15)2)22(25)17-5-3-6-19(14-17)23-21(24)11-10-20-7-4-12-26-20/h3-14H,1-2H3,(H,23,24). The fourth-order valence-electron chi connectivity index (χ4n) is 2.52. The summed E-state index contributed by atoms with van der Waals surface area (Å²) < 4.78 is 5.14. The molecular weight excluding hydrogens is 326 g/mol. The Morgan fingerprint density at radius 1 is 0.923 bits per heavy atom. The molecule has 4 heteroatoms. The molecule has 1 heterocycles. The molecule has 0 spiro atoms. The van der Waals surface area contributed by atoms with E-state index in [1.54, 1.807) is 48.7 Å². The molecule has 0 radical (unpaired) electrons. The maximum absolute atomic E-state index is 12.7. The third-order valence-electron chi connectivity index (χ3n) is 4.10. The number of rotatable bonds is 5. The molecule has 1 N–H and O–H groups in total. The highest BCUT2D eigenvalue weighted by Gasteiger charge is 2.11. The van der Waals surface area contributed by atoms with Gasteiger partial charge in [0.25, 0.3) is 0 Å². The number of anilines is 1. The number of ketones is 1. The molecule has 0 fully saturated rings. The summed E-state index contributed by atoms with van der Waals surface area (Å²) in [6.45, 7) is 3.99. The molecular formula is C22H19NO3. The van der Waals surface area contributed by atoms with E-state index in [-0.39, 0.29) is 11.7 Å². The number of nitrogens with one attached hydrogen (secondary N) is 1. The van der Waals surface area contributed by atoms with Crippen LogP contribution in [0.4, 0.5) is 5.69 Å². The maximum Gasteiger partial charge on any atom is 0.248 e. The van der Waals surface area contributed by atoms with Crippen LogP contribution >= 0.6 is 0 Å². The summed E-state index contributed by atoms with van der Waals surface area (Å²) in [6.07, 6.45) is 4.51. The van der Waals surface area contributed by atoms with Crippen LogP contribution in [0.3, 0.4) is 0 Å². The van der Waals surface area contributed by atoms with E-state index < -0.39 is 0 Å². The van der Waals surface area contributed by atoms with Gasteiger partial charge in [0, 0.05) is 22.9 Å². The number of aryl methyl sites for hydroxylation is 2. The van der Waals surface area contributed by atoms with Crippen molar-refractivity contribution in [3.63, 3.8) is 0 Å². The van der Waals surface area contributed by atoms with E-state index in [9.17, 15) is 9.59 Å². The number of furan rings is 1. The molecule has 1 amide bonds. The van der Waals surface area contributed by atoms with Crippen molar-refractivity contribution in [2.45, 2.75) is 13.8 Å². The van der Waals surface area contributed by atoms with Crippen molar-refractivity contribution >= 4 is 23.5 Å². The Kier molecular flexibility index (Phi) is 5.13. The van der Waals surface area contributed by atoms with Crippen LogP contribution in [-0.2, 0) is 4.79 Å². The van der Waals surface area contributed by atoms with Gasteiger partial charge in [-0.15, -0.1) is 0 Å². The maximum atomic E-state index is 12.7. The van der Waals surface area contributed by atoms with Crippen LogP contribution in [0.25, 0.3) is 6.08 Å². The Hall–Kier alpha value is -3.40. The van der Waals surface area contributed by atoms with Crippen LogP contribution < -0.4 is 5.32 Å². The van der Waals surface area contributed by atoms with E-state index >= 15 is 0 Å². The third-order valence-corrected chi connectivity index (χ3v) is 4.10. The molecule has 0 saturated carbocycles. The van der Waals surface area contributed by atoms with Crippen molar-refractivity contribution < 1.29 is 14.0 Å². The second-order valence-electron chi connectivity index (χ2n) is 6.05. The number of hydrogen-bond donors (Lipinski definition) is 1. The minimum Gasteiger partial charge on any atom is -0.465 e. The monoisotopic (exact) mass is 345 g/mol. The zero-order valence-electron chi connectivity index (χ0n) is 14.7. The number of carbonyl (C=O) groups is 2. The fourth-order valence-corrected chi connectivity index (χ4v) is 2.52. The summed E-state index contributed by atoms with van der Waals surface area (Å²) >= 11 is 0. The molecule has 0 aliphatic heterocycles. The van der Waals surface area contributed by atoms with Crippen molar-refractivity contribution in [1.82, 2.24) is 0 Å². The Bertz CT molecular complexity index is 969. The van der Waals surface area contributed by atoms with Gasteiger partial charge in [-0.3, -0.25) is 9.59 Å². The third kappa shape index (κ3) is 4.16. The Balaban J connectivity index is 1.74. The van der Waals surface area contributed by atoms with Gasteiger partial charge in [0.15, 0.2) is 5.78 Å².